The summed E-state index contributed by atoms with van der Waals surface area (Å²) in [5.74, 6) is 6.95. The maximum Gasteiger partial charge on any atom is 0.147 e. The minimum atomic E-state index is -2.87. The fourth-order valence-electron chi connectivity index (χ4n) is 2.73. The summed E-state index contributed by atoms with van der Waals surface area (Å²) in [6, 6.07) is 10.6. The molecule has 0 radical (unpaired) electrons. The number of rotatable bonds is 7. The summed E-state index contributed by atoms with van der Waals surface area (Å²) < 4.78 is 22.2. The second-order valence-electron chi connectivity index (χ2n) is 5.46. The van der Waals surface area contributed by atoms with Crippen LogP contribution in [0.2, 0.25) is 0 Å². The molecule has 0 spiro atoms. The van der Waals surface area contributed by atoms with Crippen molar-refractivity contribution in [3.63, 3.8) is 0 Å². The van der Waals surface area contributed by atoms with Crippen molar-refractivity contribution in [1.82, 2.24) is 5.43 Å². The average molecular weight is 282 g/mol. The maximum atomic E-state index is 11.1. The monoisotopic (exact) mass is 282 g/mol. The van der Waals surface area contributed by atoms with Crippen LogP contribution in [0.15, 0.2) is 30.3 Å². The van der Waals surface area contributed by atoms with Crippen molar-refractivity contribution in [1.29, 1.82) is 0 Å². The van der Waals surface area contributed by atoms with Gasteiger partial charge in [0.2, 0.25) is 0 Å². The summed E-state index contributed by atoms with van der Waals surface area (Å²) in [6.45, 7) is 0. The largest absolute Gasteiger partial charge is 0.271 e. The highest BCUT2D eigenvalue weighted by Gasteiger charge is 2.43. The number of benzene rings is 1. The van der Waals surface area contributed by atoms with Gasteiger partial charge < -0.3 is 0 Å². The first-order chi connectivity index (χ1) is 9.01. The summed E-state index contributed by atoms with van der Waals surface area (Å²) in [6.07, 6.45) is 3.91. The van der Waals surface area contributed by atoms with Crippen LogP contribution in [-0.2, 0) is 9.84 Å². The van der Waals surface area contributed by atoms with Gasteiger partial charge in [-0.15, -0.1) is 0 Å². The lowest BCUT2D eigenvalue weighted by molar-refractivity contribution is 0.434. The van der Waals surface area contributed by atoms with E-state index in [4.69, 9.17) is 5.84 Å². The van der Waals surface area contributed by atoms with Crippen LogP contribution < -0.4 is 11.3 Å². The Morgan fingerprint density at radius 1 is 1.37 bits per heavy atom. The molecule has 1 aliphatic carbocycles. The molecule has 0 aliphatic heterocycles. The number of hydrazine groups is 1. The predicted molar refractivity (Wildman–Crippen MR) is 77.3 cm³/mol. The third kappa shape index (κ3) is 4.30. The van der Waals surface area contributed by atoms with E-state index >= 15 is 0 Å². The van der Waals surface area contributed by atoms with Gasteiger partial charge in [-0.3, -0.25) is 11.3 Å². The Labute approximate surface area is 115 Å². The average Bonchev–Trinajstić information content (AvgIpc) is 3.15. The van der Waals surface area contributed by atoms with Crippen molar-refractivity contribution in [2.24, 2.45) is 11.8 Å². The van der Waals surface area contributed by atoms with Crippen LogP contribution >= 0.6 is 0 Å². The van der Waals surface area contributed by atoms with E-state index in [1.165, 1.54) is 11.8 Å². The Bertz CT molecular complexity index is 501. The van der Waals surface area contributed by atoms with Crippen molar-refractivity contribution in [3.05, 3.63) is 35.9 Å². The van der Waals surface area contributed by atoms with E-state index in [-0.39, 0.29) is 11.8 Å². The molecule has 3 atom stereocenters. The van der Waals surface area contributed by atoms with Gasteiger partial charge in [-0.05, 0) is 36.7 Å². The summed E-state index contributed by atoms with van der Waals surface area (Å²) in [5.41, 5.74) is 4.21. The van der Waals surface area contributed by atoms with Crippen LogP contribution in [0.3, 0.4) is 0 Å². The van der Waals surface area contributed by atoms with Gasteiger partial charge in [0.15, 0.2) is 0 Å². The zero-order chi connectivity index (χ0) is 13.9. The lowest BCUT2D eigenvalue weighted by Gasteiger charge is -2.15. The van der Waals surface area contributed by atoms with Crippen LogP contribution in [-0.4, -0.2) is 26.5 Å². The second kappa shape index (κ2) is 6.03. The third-order valence-electron chi connectivity index (χ3n) is 3.83. The quantitative estimate of drug-likeness (QED) is 0.586. The van der Waals surface area contributed by atoms with Gasteiger partial charge in [0.05, 0.1) is 0 Å². The minimum absolute atomic E-state index is 0.215. The molecule has 0 saturated heterocycles. The first-order valence-electron chi connectivity index (χ1n) is 6.70. The summed E-state index contributed by atoms with van der Waals surface area (Å²) in [5, 5.41) is 0. The zero-order valence-electron chi connectivity index (χ0n) is 11.2. The summed E-state index contributed by atoms with van der Waals surface area (Å²) in [4.78, 5) is 0. The Morgan fingerprint density at radius 3 is 2.63 bits per heavy atom. The zero-order valence-corrected chi connectivity index (χ0v) is 12.1. The molecule has 106 valence electrons. The van der Waals surface area contributed by atoms with E-state index in [2.05, 4.69) is 29.7 Å². The molecule has 1 aromatic carbocycles. The Kier molecular flexibility index (Phi) is 4.60. The lowest BCUT2D eigenvalue weighted by Crippen LogP contribution is -2.37. The number of hydrogen-bond acceptors (Lipinski definition) is 4. The molecule has 4 nitrogen and oxygen atoms in total. The smallest absolute Gasteiger partial charge is 0.147 e. The highest BCUT2D eigenvalue weighted by atomic mass is 32.2. The fraction of sp³-hybridized carbons (Fsp3) is 0.571. The van der Waals surface area contributed by atoms with Crippen LogP contribution in [0.4, 0.5) is 0 Å². The van der Waals surface area contributed by atoms with Gasteiger partial charge >= 0.3 is 0 Å². The van der Waals surface area contributed by atoms with Crippen molar-refractivity contribution in [2.75, 3.05) is 12.0 Å². The third-order valence-corrected chi connectivity index (χ3v) is 4.86. The number of nitrogens with two attached hydrogens (primary N) is 1. The fourth-order valence-corrected chi connectivity index (χ4v) is 3.42. The van der Waals surface area contributed by atoms with E-state index < -0.39 is 9.84 Å². The molecule has 0 aromatic heterocycles. The van der Waals surface area contributed by atoms with Crippen molar-refractivity contribution in [3.8, 4) is 0 Å². The molecule has 0 bridgehead atoms. The van der Waals surface area contributed by atoms with Crippen LogP contribution in [0, 0.1) is 5.92 Å². The highest BCUT2D eigenvalue weighted by Crippen LogP contribution is 2.50. The molecule has 3 N–H and O–H groups in total. The van der Waals surface area contributed by atoms with Gasteiger partial charge in [-0.1, -0.05) is 30.3 Å². The van der Waals surface area contributed by atoms with Crippen molar-refractivity contribution in [2.45, 2.75) is 31.2 Å². The molecule has 5 heteroatoms. The van der Waals surface area contributed by atoms with Crippen molar-refractivity contribution < 1.29 is 8.42 Å². The van der Waals surface area contributed by atoms with Crippen LogP contribution in [0.5, 0.6) is 0 Å². The molecule has 1 aromatic rings. The predicted octanol–water partition coefficient (Wildman–Crippen LogP) is 1.45. The van der Waals surface area contributed by atoms with E-state index in [1.54, 1.807) is 0 Å². The minimum Gasteiger partial charge on any atom is -0.271 e. The topological polar surface area (TPSA) is 72.2 Å². The van der Waals surface area contributed by atoms with Crippen molar-refractivity contribution >= 4 is 9.84 Å². The molecule has 0 amide bonds. The molecular weight excluding hydrogens is 260 g/mol. The molecule has 2 rings (SSSR count). The van der Waals surface area contributed by atoms with E-state index in [0.717, 1.165) is 12.8 Å². The van der Waals surface area contributed by atoms with Crippen LogP contribution in [0.25, 0.3) is 0 Å². The van der Waals surface area contributed by atoms with Crippen LogP contribution in [0.1, 0.15) is 30.7 Å². The van der Waals surface area contributed by atoms with Gasteiger partial charge in [0, 0.05) is 18.1 Å². The lowest BCUT2D eigenvalue weighted by atomic mass is 10.0. The van der Waals surface area contributed by atoms with Gasteiger partial charge in [0.1, 0.15) is 9.84 Å². The second-order valence-corrected chi connectivity index (χ2v) is 7.72. The molecule has 1 aliphatic rings. The highest BCUT2D eigenvalue weighted by molar-refractivity contribution is 7.90. The molecule has 19 heavy (non-hydrogen) atoms. The molecular formula is C14H22N2O2S. The van der Waals surface area contributed by atoms with E-state index in [1.807, 2.05) is 6.07 Å². The van der Waals surface area contributed by atoms with Gasteiger partial charge in [0.25, 0.3) is 0 Å². The SMILES string of the molecule is CS(=O)(=O)CCCC(NN)C1CC1c1ccccc1. The van der Waals surface area contributed by atoms with E-state index in [9.17, 15) is 8.42 Å². The first kappa shape index (κ1) is 14.5. The summed E-state index contributed by atoms with van der Waals surface area (Å²) in [7, 11) is -2.87. The normalized spacial score (nSPS) is 24.1. The molecule has 3 unspecified atom stereocenters. The Morgan fingerprint density at radius 2 is 2.05 bits per heavy atom. The van der Waals surface area contributed by atoms with E-state index in [0.29, 0.717) is 18.3 Å². The standard InChI is InChI=1S/C14H22N2O2S/c1-19(17,18)9-5-8-14(16-15)13-10-12(13)11-6-3-2-4-7-11/h2-4,6-7,12-14,16H,5,8-10,15H2,1H3. The van der Waals surface area contributed by atoms with Gasteiger partial charge in [-0.2, -0.15) is 0 Å². The molecule has 1 fully saturated rings. The number of nitrogens with one attached hydrogen (secondary N) is 1. The maximum absolute atomic E-state index is 11.1. The number of sulfone groups is 1. The Balaban J connectivity index is 1.84. The molecule has 0 heterocycles. The molecule has 1 saturated carbocycles. The summed E-state index contributed by atoms with van der Waals surface area (Å²) >= 11 is 0. The Hall–Kier alpha value is -0.910. The number of hydrogen-bond donors (Lipinski definition) is 2. The van der Waals surface area contributed by atoms with Gasteiger partial charge in [-0.25, -0.2) is 8.42 Å². The first-order valence-corrected chi connectivity index (χ1v) is 8.76.